The van der Waals surface area contributed by atoms with E-state index in [1.807, 2.05) is 18.4 Å². The molecule has 1 heterocycles. The minimum Gasteiger partial charge on any atom is -0.478 e. The molecule has 0 spiro atoms. The molecule has 0 saturated heterocycles. The third-order valence-electron chi connectivity index (χ3n) is 3.28. The molecule has 1 aromatic carbocycles. The van der Waals surface area contributed by atoms with Crippen molar-refractivity contribution >= 4 is 22.9 Å². The van der Waals surface area contributed by atoms with Crippen molar-refractivity contribution in [2.45, 2.75) is 20.4 Å². The number of imidazole rings is 1. The normalized spacial score (nSPS) is 11.6. The Balaban J connectivity index is 2.37. The summed E-state index contributed by atoms with van der Waals surface area (Å²) in [5.74, 6) is -1.03. The first-order chi connectivity index (χ1) is 9.35. The van der Waals surface area contributed by atoms with Crippen molar-refractivity contribution in [3.05, 3.63) is 30.1 Å². The minimum absolute atomic E-state index is 0.0542. The summed E-state index contributed by atoms with van der Waals surface area (Å²) in [4.78, 5) is 26.9. The molecule has 0 saturated carbocycles. The molecule has 1 amide bonds. The predicted molar refractivity (Wildman–Crippen MR) is 74.5 cm³/mol. The average Bonchev–Trinajstić information content (AvgIpc) is 2.79. The van der Waals surface area contributed by atoms with Crippen LogP contribution in [-0.2, 0) is 11.3 Å². The number of carbonyl (C=O) groups is 2. The number of benzene rings is 1. The van der Waals surface area contributed by atoms with Crippen LogP contribution >= 0.6 is 0 Å². The highest BCUT2D eigenvalue weighted by molar-refractivity contribution is 5.92. The molecule has 6 nitrogen and oxygen atoms in total. The topological polar surface area (TPSA) is 84.2 Å². The molecule has 0 aliphatic carbocycles. The maximum atomic E-state index is 11.8. The molecule has 0 aliphatic rings. The highest BCUT2D eigenvalue weighted by Gasteiger charge is 2.27. The lowest BCUT2D eigenvalue weighted by Gasteiger charge is -2.23. The third kappa shape index (κ3) is 2.49. The largest absolute Gasteiger partial charge is 0.478 e. The van der Waals surface area contributed by atoms with Crippen LogP contribution in [-0.4, -0.2) is 33.6 Å². The summed E-state index contributed by atoms with van der Waals surface area (Å²) in [6.07, 6.45) is 1.63. The number of rotatable bonds is 4. The fraction of sp³-hybridized carbons (Fsp3) is 0.357. The lowest BCUT2D eigenvalue weighted by atomic mass is 9.92. The lowest BCUT2D eigenvalue weighted by molar-refractivity contribution is -0.129. The zero-order chi connectivity index (χ0) is 14.9. The maximum Gasteiger partial charge on any atom is 0.335 e. The molecule has 2 rings (SSSR count). The highest BCUT2D eigenvalue weighted by Crippen LogP contribution is 2.22. The first-order valence-corrected chi connectivity index (χ1v) is 6.25. The summed E-state index contributed by atoms with van der Waals surface area (Å²) in [7, 11) is 1.61. The number of carbonyl (C=O) groups excluding carboxylic acids is 1. The van der Waals surface area contributed by atoms with E-state index in [1.54, 1.807) is 19.4 Å². The van der Waals surface area contributed by atoms with Gasteiger partial charge in [0.1, 0.15) is 0 Å². The Morgan fingerprint density at radius 3 is 2.70 bits per heavy atom. The van der Waals surface area contributed by atoms with Gasteiger partial charge in [-0.2, -0.15) is 0 Å². The van der Waals surface area contributed by atoms with Gasteiger partial charge in [0, 0.05) is 13.6 Å². The Morgan fingerprint density at radius 2 is 2.10 bits per heavy atom. The first-order valence-electron chi connectivity index (χ1n) is 6.25. The van der Waals surface area contributed by atoms with Crippen molar-refractivity contribution in [3.63, 3.8) is 0 Å². The summed E-state index contributed by atoms with van der Waals surface area (Å²) in [6, 6.07) is 4.78. The van der Waals surface area contributed by atoms with E-state index in [-0.39, 0.29) is 11.5 Å². The van der Waals surface area contributed by atoms with Gasteiger partial charge in [-0.1, -0.05) is 0 Å². The number of nitrogens with one attached hydrogen (secondary N) is 1. The van der Waals surface area contributed by atoms with E-state index >= 15 is 0 Å². The number of aromatic nitrogens is 2. The van der Waals surface area contributed by atoms with Crippen LogP contribution in [0.2, 0.25) is 0 Å². The number of carboxylic acids is 1. The number of carboxylic acid groups (broad SMARTS) is 1. The van der Waals surface area contributed by atoms with E-state index < -0.39 is 11.4 Å². The molecule has 0 fully saturated rings. The molecule has 106 valence electrons. The summed E-state index contributed by atoms with van der Waals surface area (Å²) in [5, 5.41) is 11.6. The third-order valence-corrected chi connectivity index (χ3v) is 3.28. The van der Waals surface area contributed by atoms with E-state index in [0.717, 1.165) is 5.52 Å². The molecule has 0 radical (unpaired) electrons. The smallest absolute Gasteiger partial charge is 0.335 e. The Bertz CT molecular complexity index is 673. The fourth-order valence-electron chi connectivity index (χ4n) is 2.16. The van der Waals surface area contributed by atoms with E-state index in [1.165, 1.54) is 12.1 Å². The Kier molecular flexibility index (Phi) is 3.48. The van der Waals surface area contributed by atoms with Crippen molar-refractivity contribution in [2.75, 3.05) is 7.05 Å². The Labute approximate surface area is 116 Å². The van der Waals surface area contributed by atoms with Gasteiger partial charge < -0.3 is 15.0 Å². The van der Waals surface area contributed by atoms with Crippen molar-refractivity contribution < 1.29 is 14.7 Å². The van der Waals surface area contributed by atoms with Gasteiger partial charge in [0.2, 0.25) is 5.91 Å². The van der Waals surface area contributed by atoms with E-state index in [2.05, 4.69) is 10.3 Å². The highest BCUT2D eigenvalue weighted by atomic mass is 16.4. The van der Waals surface area contributed by atoms with Crippen LogP contribution < -0.4 is 5.32 Å². The molecule has 0 aliphatic heterocycles. The minimum atomic E-state index is -0.979. The molecule has 2 N–H and O–H groups in total. The van der Waals surface area contributed by atoms with Crippen LogP contribution in [0.3, 0.4) is 0 Å². The van der Waals surface area contributed by atoms with Gasteiger partial charge in [-0.15, -0.1) is 0 Å². The van der Waals surface area contributed by atoms with Gasteiger partial charge >= 0.3 is 5.97 Å². The van der Waals surface area contributed by atoms with Crippen LogP contribution in [0.15, 0.2) is 24.5 Å². The summed E-state index contributed by atoms with van der Waals surface area (Å²) < 4.78 is 1.86. The molecule has 0 atom stereocenters. The van der Waals surface area contributed by atoms with Crippen molar-refractivity contribution in [3.8, 4) is 0 Å². The first kappa shape index (κ1) is 14.0. The number of nitrogens with zero attached hydrogens (tertiary/aromatic N) is 2. The van der Waals surface area contributed by atoms with Crippen molar-refractivity contribution in [2.24, 2.45) is 5.41 Å². The molecule has 20 heavy (non-hydrogen) atoms. The predicted octanol–water partition coefficient (Wildman–Crippen LogP) is 1.51. The van der Waals surface area contributed by atoms with Crippen LogP contribution in [0, 0.1) is 5.41 Å². The number of amides is 1. The average molecular weight is 275 g/mol. The van der Waals surface area contributed by atoms with Gasteiger partial charge in [-0.05, 0) is 32.0 Å². The molecule has 6 heteroatoms. The zero-order valence-electron chi connectivity index (χ0n) is 11.7. The Morgan fingerprint density at radius 1 is 1.40 bits per heavy atom. The number of fused-ring (bicyclic) bond motifs is 1. The summed E-state index contributed by atoms with van der Waals surface area (Å²) >= 11 is 0. The standard InChI is InChI=1S/C14H17N3O3/c1-14(2,13(20)15-3)7-17-8-16-10-6-9(12(18)19)4-5-11(10)17/h4-6,8H,7H2,1-3H3,(H,15,20)(H,18,19). The summed E-state index contributed by atoms with van der Waals surface area (Å²) in [5.41, 5.74) is 1.05. The molecule has 0 bridgehead atoms. The van der Waals surface area contributed by atoms with Crippen LogP contribution in [0.25, 0.3) is 11.0 Å². The second-order valence-corrected chi connectivity index (χ2v) is 5.34. The van der Waals surface area contributed by atoms with Crippen LogP contribution in [0.4, 0.5) is 0 Å². The van der Waals surface area contributed by atoms with Crippen LogP contribution in [0.1, 0.15) is 24.2 Å². The monoisotopic (exact) mass is 275 g/mol. The lowest BCUT2D eigenvalue weighted by Crippen LogP contribution is -2.37. The zero-order valence-corrected chi connectivity index (χ0v) is 11.7. The quantitative estimate of drug-likeness (QED) is 0.885. The summed E-state index contributed by atoms with van der Waals surface area (Å²) in [6.45, 7) is 4.17. The van der Waals surface area contributed by atoms with Crippen molar-refractivity contribution in [1.29, 1.82) is 0 Å². The second kappa shape index (κ2) is 4.96. The number of hydrogen-bond acceptors (Lipinski definition) is 3. The van der Waals surface area contributed by atoms with E-state index in [9.17, 15) is 9.59 Å². The molecule has 0 unspecified atom stereocenters. The number of aromatic carboxylic acids is 1. The van der Waals surface area contributed by atoms with Crippen LogP contribution in [0.5, 0.6) is 0 Å². The second-order valence-electron chi connectivity index (χ2n) is 5.34. The number of hydrogen-bond donors (Lipinski definition) is 2. The van der Waals surface area contributed by atoms with Gasteiger partial charge in [0.15, 0.2) is 0 Å². The Hall–Kier alpha value is -2.37. The van der Waals surface area contributed by atoms with Gasteiger partial charge in [0.25, 0.3) is 0 Å². The SMILES string of the molecule is CNC(=O)C(C)(C)Cn1cnc2cc(C(=O)O)ccc21. The van der Waals surface area contributed by atoms with E-state index in [0.29, 0.717) is 12.1 Å². The fourth-order valence-corrected chi connectivity index (χ4v) is 2.16. The van der Waals surface area contributed by atoms with Gasteiger partial charge in [-0.3, -0.25) is 4.79 Å². The molecule has 1 aromatic heterocycles. The van der Waals surface area contributed by atoms with E-state index in [4.69, 9.17) is 5.11 Å². The van der Waals surface area contributed by atoms with Crippen molar-refractivity contribution in [1.82, 2.24) is 14.9 Å². The molecular weight excluding hydrogens is 258 g/mol. The maximum absolute atomic E-state index is 11.8. The van der Waals surface area contributed by atoms with Gasteiger partial charge in [0.05, 0.1) is 28.3 Å². The molecular formula is C14H17N3O3. The van der Waals surface area contributed by atoms with Gasteiger partial charge in [-0.25, -0.2) is 9.78 Å². The molecule has 2 aromatic rings.